The maximum Gasteiger partial charge on any atom is 0.123 e. The van der Waals surface area contributed by atoms with Gasteiger partial charge in [-0.05, 0) is 31.0 Å². The molecule has 0 aromatic heterocycles. The van der Waals surface area contributed by atoms with Crippen molar-refractivity contribution >= 4 is 11.6 Å². The van der Waals surface area contributed by atoms with Gasteiger partial charge in [0.25, 0.3) is 0 Å². The Labute approximate surface area is 101 Å². The highest BCUT2D eigenvalue weighted by Gasteiger charge is 2.12. The average molecular weight is 244 g/mol. The predicted octanol–water partition coefficient (Wildman–Crippen LogP) is 2.78. The zero-order valence-corrected chi connectivity index (χ0v) is 10.5. The number of methoxy groups -OCH3 is 2. The van der Waals surface area contributed by atoms with Gasteiger partial charge in [0.15, 0.2) is 0 Å². The molecule has 90 valence electrons. The van der Waals surface area contributed by atoms with Crippen molar-refractivity contribution in [3.05, 3.63) is 28.8 Å². The molecule has 0 radical (unpaired) electrons. The third-order valence-electron chi connectivity index (χ3n) is 2.45. The van der Waals surface area contributed by atoms with E-state index >= 15 is 0 Å². The van der Waals surface area contributed by atoms with Crippen LogP contribution in [-0.2, 0) is 4.74 Å². The van der Waals surface area contributed by atoms with Crippen LogP contribution in [0.4, 0.5) is 0 Å². The first-order valence-electron chi connectivity index (χ1n) is 5.27. The summed E-state index contributed by atoms with van der Waals surface area (Å²) in [6.45, 7) is 0.719. The van der Waals surface area contributed by atoms with Crippen LogP contribution in [0.25, 0.3) is 0 Å². The Hall–Kier alpha value is -0.770. The molecule has 0 heterocycles. The Morgan fingerprint density at radius 2 is 2.12 bits per heavy atom. The highest BCUT2D eigenvalue weighted by molar-refractivity contribution is 6.30. The lowest BCUT2D eigenvalue weighted by Crippen LogP contribution is -2.12. The molecule has 2 N–H and O–H groups in total. The molecule has 1 aromatic rings. The van der Waals surface area contributed by atoms with Gasteiger partial charge in [-0.15, -0.1) is 0 Å². The van der Waals surface area contributed by atoms with E-state index in [2.05, 4.69) is 0 Å². The Bertz CT molecular complexity index is 331. The van der Waals surface area contributed by atoms with Crippen molar-refractivity contribution in [2.75, 3.05) is 20.8 Å². The fourth-order valence-corrected chi connectivity index (χ4v) is 1.78. The number of halogens is 1. The van der Waals surface area contributed by atoms with Gasteiger partial charge in [0.2, 0.25) is 0 Å². The highest BCUT2D eigenvalue weighted by atomic mass is 35.5. The largest absolute Gasteiger partial charge is 0.496 e. The summed E-state index contributed by atoms with van der Waals surface area (Å²) >= 11 is 5.94. The van der Waals surface area contributed by atoms with E-state index in [4.69, 9.17) is 26.8 Å². The molecule has 1 unspecified atom stereocenters. The molecule has 1 rings (SSSR count). The molecule has 0 aliphatic carbocycles. The summed E-state index contributed by atoms with van der Waals surface area (Å²) in [5.41, 5.74) is 7.04. The molecule has 0 fully saturated rings. The van der Waals surface area contributed by atoms with Crippen molar-refractivity contribution in [2.24, 2.45) is 5.73 Å². The Kier molecular flexibility index (Phi) is 5.60. The minimum absolute atomic E-state index is 0.0659. The molecule has 0 saturated carbocycles. The van der Waals surface area contributed by atoms with Gasteiger partial charge >= 0.3 is 0 Å². The zero-order valence-electron chi connectivity index (χ0n) is 9.70. The lowest BCUT2D eigenvalue weighted by Gasteiger charge is -2.15. The maximum absolute atomic E-state index is 6.09. The summed E-state index contributed by atoms with van der Waals surface area (Å²) in [5, 5.41) is 0.679. The topological polar surface area (TPSA) is 44.5 Å². The van der Waals surface area contributed by atoms with Crippen LogP contribution in [0.1, 0.15) is 24.4 Å². The molecule has 4 heteroatoms. The van der Waals surface area contributed by atoms with Gasteiger partial charge in [-0.25, -0.2) is 0 Å². The molecule has 1 aromatic carbocycles. The fourth-order valence-electron chi connectivity index (χ4n) is 1.60. The Balaban J connectivity index is 2.72. The minimum Gasteiger partial charge on any atom is -0.496 e. The lowest BCUT2D eigenvalue weighted by molar-refractivity contribution is 0.190. The third kappa shape index (κ3) is 3.67. The number of hydrogen-bond acceptors (Lipinski definition) is 3. The normalized spacial score (nSPS) is 12.5. The average Bonchev–Trinajstić information content (AvgIpc) is 2.29. The second kappa shape index (κ2) is 6.74. The van der Waals surface area contributed by atoms with Gasteiger partial charge in [0, 0.05) is 30.3 Å². The fraction of sp³-hybridized carbons (Fsp3) is 0.500. The van der Waals surface area contributed by atoms with Gasteiger partial charge in [0.05, 0.1) is 7.11 Å². The van der Waals surface area contributed by atoms with Crippen LogP contribution in [0.15, 0.2) is 18.2 Å². The van der Waals surface area contributed by atoms with Crippen LogP contribution in [0, 0.1) is 0 Å². The van der Waals surface area contributed by atoms with E-state index < -0.39 is 0 Å². The molecular weight excluding hydrogens is 226 g/mol. The smallest absolute Gasteiger partial charge is 0.123 e. The first kappa shape index (κ1) is 13.3. The van der Waals surface area contributed by atoms with Crippen LogP contribution >= 0.6 is 11.6 Å². The van der Waals surface area contributed by atoms with E-state index in [1.165, 1.54) is 0 Å². The number of nitrogens with two attached hydrogens (primary N) is 1. The van der Waals surface area contributed by atoms with E-state index in [1.807, 2.05) is 12.1 Å². The second-order valence-corrected chi connectivity index (χ2v) is 4.06. The van der Waals surface area contributed by atoms with E-state index in [0.717, 1.165) is 30.8 Å². The molecule has 0 bridgehead atoms. The molecule has 0 aliphatic rings. The number of ether oxygens (including phenoxy) is 2. The molecule has 0 saturated heterocycles. The first-order chi connectivity index (χ1) is 7.69. The molecule has 0 spiro atoms. The lowest BCUT2D eigenvalue weighted by atomic mass is 10.0. The van der Waals surface area contributed by atoms with Crippen LogP contribution in [0.2, 0.25) is 5.02 Å². The molecule has 1 atom stereocenters. The van der Waals surface area contributed by atoms with E-state index in [-0.39, 0.29) is 6.04 Å². The summed E-state index contributed by atoms with van der Waals surface area (Å²) in [6.07, 6.45) is 1.78. The summed E-state index contributed by atoms with van der Waals surface area (Å²) in [5.74, 6) is 0.786. The van der Waals surface area contributed by atoms with Crippen molar-refractivity contribution in [3.63, 3.8) is 0 Å². The van der Waals surface area contributed by atoms with Crippen molar-refractivity contribution in [3.8, 4) is 5.75 Å². The third-order valence-corrected chi connectivity index (χ3v) is 2.69. The second-order valence-electron chi connectivity index (χ2n) is 3.63. The number of hydrogen-bond donors (Lipinski definition) is 1. The van der Waals surface area contributed by atoms with Crippen molar-refractivity contribution in [2.45, 2.75) is 18.9 Å². The van der Waals surface area contributed by atoms with Gasteiger partial charge < -0.3 is 15.2 Å². The van der Waals surface area contributed by atoms with Gasteiger partial charge in [0.1, 0.15) is 5.75 Å². The zero-order chi connectivity index (χ0) is 12.0. The monoisotopic (exact) mass is 243 g/mol. The predicted molar refractivity (Wildman–Crippen MR) is 66.0 cm³/mol. The van der Waals surface area contributed by atoms with E-state index in [9.17, 15) is 0 Å². The molecule has 16 heavy (non-hydrogen) atoms. The number of benzene rings is 1. The molecule has 0 aliphatic heterocycles. The van der Waals surface area contributed by atoms with E-state index in [1.54, 1.807) is 20.3 Å². The number of rotatable bonds is 6. The van der Waals surface area contributed by atoms with Crippen LogP contribution in [0.5, 0.6) is 5.75 Å². The highest BCUT2D eigenvalue weighted by Crippen LogP contribution is 2.29. The van der Waals surface area contributed by atoms with Crippen molar-refractivity contribution in [1.82, 2.24) is 0 Å². The van der Waals surface area contributed by atoms with Crippen LogP contribution in [-0.4, -0.2) is 20.8 Å². The quantitative estimate of drug-likeness (QED) is 0.782. The minimum atomic E-state index is -0.0659. The van der Waals surface area contributed by atoms with Gasteiger partial charge in [-0.2, -0.15) is 0 Å². The molecule has 0 amide bonds. The first-order valence-corrected chi connectivity index (χ1v) is 5.64. The summed E-state index contributed by atoms with van der Waals surface area (Å²) < 4.78 is 10.3. The Morgan fingerprint density at radius 3 is 2.75 bits per heavy atom. The maximum atomic E-state index is 6.09. The van der Waals surface area contributed by atoms with E-state index in [0.29, 0.717) is 5.02 Å². The molecular formula is C12H18ClNO2. The SMILES string of the molecule is COCCCC(N)c1cc(Cl)ccc1OC. The van der Waals surface area contributed by atoms with Gasteiger partial charge in [-0.3, -0.25) is 0 Å². The summed E-state index contributed by atoms with van der Waals surface area (Å²) in [7, 11) is 3.32. The van der Waals surface area contributed by atoms with Gasteiger partial charge in [-0.1, -0.05) is 11.6 Å². The van der Waals surface area contributed by atoms with Crippen LogP contribution < -0.4 is 10.5 Å². The molecule has 3 nitrogen and oxygen atoms in total. The van der Waals surface area contributed by atoms with Crippen molar-refractivity contribution < 1.29 is 9.47 Å². The van der Waals surface area contributed by atoms with Crippen molar-refractivity contribution in [1.29, 1.82) is 0 Å². The summed E-state index contributed by atoms with van der Waals surface area (Å²) in [4.78, 5) is 0. The standard InChI is InChI=1S/C12H18ClNO2/c1-15-7-3-4-11(14)10-8-9(13)5-6-12(10)16-2/h5-6,8,11H,3-4,7,14H2,1-2H3. The summed E-state index contributed by atoms with van der Waals surface area (Å²) in [6, 6.07) is 5.43. The Morgan fingerprint density at radius 1 is 1.38 bits per heavy atom. The van der Waals surface area contributed by atoms with Crippen LogP contribution in [0.3, 0.4) is 0 Å².